The molecule has 0 aliphatic carbocycles. The van der Waals surface area contributed by atoms with Crippen molar-refractivity contribution >= 4 is 6.09 Å². The molecule has 4 heteroatoms. The lowest BCUT2D eigenvalue weighted by molar-refractivity contribution is 0.0514. The Morgan fingerprint density at radius 1 is 1.10 bits per heavy atom. The van der Waals surface area contributed by atoms with Gasteiger partial charge in [0.2, 0.25) is 0 Å². The summed E-state index contributed by atoms with van der Waals surface area (Å²) in [6, 6.07) is 0.567. The van der Waals surface area contributed by atoms with Gasteiger partial charge in [-0.3, -0.25) is 0 Å². The van der Waals surface area contributed by atoms with E-state index in [4.69, 9.17) is 4.74 Å². The van der Waals surface area contributed by atoms with Crippen LogP contribution in [0.15, 0.2) is 0 Å². The van der Waals surface area contributed by atoms with Crippen LogP contribution in [0.4, 0.5) is 4.79 Å². The van der Waals surface area contributed by atoms with E-state index in [0.29, 0.717) is 24.4 Å². The Morgan fingerprint density at radius 3 is 2.05 bits per heavy atom. The summed E-state index contributed by atoms with van der Waals surface area (Å²) in [5.74, 6) is 0.940. The van der Waals surface area contributed by atoms with E-state index < -0.39 is 5.60 Å². The van der Waals surface area contributed by atoms with Crippen molar-refractivity contribution in [1.82, 2.24) is 10.6 Å². The summed E-state index contributed by atoms with van der Waals surface area (Å²) in [6.07, 6.45) is 1.95. The zero-order valence-corrected chi connectivity index (χ0v) is 14.4. The molecular formula is C16H34N2O2. The Labute approximate surface area is 125 Å². The van der Waals surface area contributed by atoms with Crippen molar-refractivity contribution in [3.63, 3.8) is 0 Å². The predicted octanol–water partition coefficient (Wildman–Crippen LogP) is 3.56. The van der Waals surface area contributed by atoms with Gasteiger partial charge in [-0.1, -0.05) is 27.7 Å². The van der Waals surface area contributed by atoms with Gasteiger partial charge in [-0.25, -0.2) is 4.79 Å². The number of nitrogens with one attached hydrogen (secondary N) is 2. The number of carbonyl (C=O) groups is 1. The first-order valence-electron chi connectivity index (χ1n) is 7.89. The topological polar surface area (TPSA) is 50.4 Å². The van der Waals surface area contributed by atoms with Crippen molar-refractivity contribution < 1.29 is 9.53 Å². The SMILES string of the molecule is CCC(CC)NCC(CNC(=O)OC(C)(C)C)C(C)C. The van der Waals surface area contributed by atoms with Gasteiger partial charge in [-0.2, -0.15) is 0 Å². The van der Waals surface area contributed by atoms with Crippen LogP contribution in [0.3, 0.4) is 0 Å². The maximum atomic E-state index is 11.7. The fourth-order valence-corrected chi connectivity index (χ4v) is 1.97. The largest absolute Gasteiger partial charge is 0.444 e. The molecule has 1 amide bonds. The lowest BCUT2D eigenvalue weighted by Gasteiger charge is -2.26. The summed E-state index contributed by atoms with van der Waals surface area (Å²) < 4.78 is 5.27. The van der Waals surface area contributed by atoms with Crippen molar-refractivity contribution in [2.45, 2.75) is 73.0 Å². The van der Waals surface area contributed by atoms with Crippen molar-refractivity contribution in [3.05, 3.63) is 0 Å². The number of alkyl carbamates (subject to hydrolysis) is 1. The minimum absolute atomic E-state index is 0.328. The molecular weight excluding hydrogens is 252 g/mol. The van der Waals surface area contributed by atoms with Gasteiger partial charge in [0.05, 0.1) is 0 Å². The van der Waals surface area contributed by atoms with Crippen LogP contribution < -0.4 is 10.6 Å². The zero-order chi connectivity index (χ0) is 15.8. The minimum Gasteiger partial charge on any atom is -0.444 e. The van der Waals surface area contributed by atoms with Crippen molar-refractivity contribution in [1.29, 1.82) is 0 Å². The second-order valence-electron chi connectivity index (χ2n) is 6.81. The quantitative estimate of drug-likeness (QED) is 0.717. The van der Waals surface area contributed by atoms with Gasteiger partial charge < -0.3 is 15.4 Å². The van der Waals surface area contributed by atoms with E-state index in [1.54, 1.807) is 0 Å². The molecule has 0 saturated carbocycles. The second kappa shape index (κ2) is 9.22. The molecule has 0 heterocycles. The second-order valence-corrected chi connectivity index (χ2v) is 6.81. The molecule has 120 valence electrons. The Balaban J connectivity index is 4.18. The number of hydrogen-bond acceptors (Lipinski definition) is 3. The molecule has 4 nitrogen and oxygen atoms in total. The van der Waals surface area contributed by atoms with Crippen LogP contribution >= 0.6 is 0 Å². The molecule has 0 aliphatic rings. The van der Waals surface area contributed by atoms with Gasteiger partial charge in [0.15, 0.2) is 0 Å². The summed E-state index contributed by atoms with van der Waals surface area (Å²) in [5, 5.41) is 6.46. The average molecular weight is 286 g/mol. The fourth-order valence-electron chi connectivity index (χ4n) is 1.97. The molecule has 0 bridgehead atoms. The van der Waals surface area contributed by atoms with Gasteiger partial charge in [0, 0.05) is 19.1 Å². The van der Waals surface area contributed by atoms with Gasteiger partial charge in [-0.05, 0) is 45.4 Å². The standard InChI is InChI=1S/C16H34N2O2/c1-8-14(9-2)17-10-13(12(3)4)11-18-15(19)20-16(5,6)7/h12-14,17H,8-11H2,1-7H3,(H,18,19). The van der Waals surface area contributed by atoms with E-state index in [-0.39, 0.29) is 6.09 Å². The molecule has 20 heavy (non-hydrogen) atoms. The van der Waals surface area contributed by atoms with Crippen LogP contribution in [0.1, 0.15) is 61.3 Å². The van der Waals surface area contributed by atoms with Crippen LogP contribution in [-0.2, 0) is 4.74 Å². The van der Waals surface area contributed by atoms with Crippen molar-refractivity contribution in [2.75, 3.05) is 13.1 Å². The number of amides is 1. The molecule has 2 N–H and O–H groups in total. The van der Waals surface area contributed by atoms with Crippen molar-refractivity contribution in [2.24, 2.45) is 11.8 Å². The molecule has 0 aromatic heterocycles. The normalized spacial score (nSPS) is 13.7. The Morgan fingerprint density at radius 2 is 1.65 bits per heavy atom. The van der Waals surface area contributed by atoms with E-state index in [1.807, 2.05) is 20.8 Å². The lowest BCUT2D eigenvalue weighted by atomic mass is 9.95. The monoisotopic (exact) mass is 286 g/mol. The van der Waals surface area contributed by atoms with E-state index in [1.165, 1.54) is 0 Å². The van der Waals surface area contributed by atoms with Gasteiger partial charge in [-0.15, -0.1) is 0 Å². The van der Waals surface area contributed by atoms with E-state index >= 15 is 0 Å². The van der Waals surface area contributed by atoms with E-state index in [9.17, 15) is 4.79 Å². The van der Waals surface area contributed by atoms with Gasteiger partial charge >= 0.3 is 6.09 Å². The molecule has 1 atom stereocenters. The van der Waals surface area contributed by atoms with Crippen LogP contribution in [0.25, 0.3) is 0 Å². The molecule has 0 fully saturated rings. The first-order valence-corrected chi connectivity index (χ1v) is 7.89. The first kappa shape index (κ1) is 19.2. The number of carbonyl (C=O) groups excluding carboxylic acids is 1. The zero-order valence-electron chi connectivity index (χ0n) is 14.4. The van der Waals surface area contributed by atoms with Crippen LogP contribution in [0, 0.1) is 11.8 Å². The molecule has 1 unspecified atom stereocenters. The third-order valence-corrected chi connectivity index (χ3v) is 3.50. The number of hydrogen-bond donors (Lipinski definition) is 2. The van der Waals surface area contributed by atoms with Crippen LogP contribution in [-0.4, -0.2) is 30.8 Å². The third kappa shape index (κ3) is 9.18. The molecule has 0 radical (unpaired) electrons. The Bertz CT molecular complexity index is 268. The fraction of sp³-hybridized carbons (Fsp3) is 0.938. The van der Waals surface area contributed by atoms with E-state index in [2.05, 4.69) is 38.3 Å². The molecule has 0 spiro atoms. The van der Waals surface area contributed by atoms with Crippen LogP contribution in [0.5, 0.6) is 0 Å². The summed E-state index contributed by atoms with van der Waals surface area (Å²) >= 11 is 0. The molecule has 0 saturated heterocycles. The van der Waals surface area contributed by atoms with E-state index in [0.717, 1.165) is 19.4 Å². The smallest absolute Gasteiger partial charge is 0.407 e. The minimum atomic E-state index is -0.439. The van der Waals surface area contributed by atoms with Gasteiger partial charge in [0.1, 0.15) is 5.60 Å². The average Bonchev–Trinajstić information content (AvgIpc) is 2.31. The molecule has 0 aromatic carbocycles. The summed E-state index contributed by atoms with van der Waals surface area (Å²) in [4.78, 5) is 11.7. The Hall–Kier alpha value is -0.770. The molecule has 0 aromatic rings. The predicted molar refractivity (Wildman–Crippen MR) is 84.9 cm³/mol. The van der Waals surface area contributed by atoms with Crippen molar-refractivity contribution in [3.8, 4) is 0 Å². The molecule has 0 rings (SSSR count). The lowest BCUT2D eigenvalue weighted by Crippen LogP contribution is -2.41. The highest BCUT2D eigenvalue weighted by Gasteiger charge is 2.19. The summed E-state index contributed by atoms with van der Waals surface area (Å²) in [6.45, 7) is 16.0. The highest BCUT2D eigenvalue weighted by atomic mass is 16.6. The molecule has 0 aliphatic heterocycles. The van der Waals surface area contributed by atoms with Gasteiger partial charge in [0.25, 0.3) is 0 Å². The first-order chi connectivity index (χ1) is 9.19. The highest BCUT2D eigenvalue weighted by Crippen LogP contribution is 2.11. The highest BCUT2D eigenvalue weighted by molar-refractivity contribution is 5.67. The maximum absolute atomic E-state index is 11.7. The summed E-state index contributed by atoms with van der Waals surface area (Å²) in [7, 11) is 0. The number of rotatable bonds is 8. The maximum Gasteiger partial charge on any atom is 0.407 e. The summed E-state index contributed by atoms with van der Waals surface area (Å²) in [5.41, 5.74) is -0.439. The van der Waals surface area contributed by atoms with Crippen LogP contribution in [0.2, 0.25) is 0 Å². The Kier molecular flexibility index (Phi) is 8.86. The third-order valence-electron chi connectivity index (χ3n) is 3.50. The number of ether oxygens (including phenoxy) is 1.